The summed E-state index contributed by atoms with van der Waals surface area (Å²) in [6.45, 7) is 8.39. The molecular formula is C18H25BrN6. The van der Waals surface area contributed by atoms with Crippen molar-refractivity contribution in [1.82, 2.24) is 19.9 Å². The monoisotopic (exact) mass is 404 g/mol. The summed E-state index contributed by atoms with van der Waals surface area (Å²) in [7, 11) is 2.08. The Morgan fingerprint density at radius 1 is 1.12 bits per heavy atom. The molecule has 0 atom stereocenters. The lowest BCUT2D eigenvalue weighted by Crippen LogP contribution is -2.44. The van der Waals surface area contributed by atoms with E-state index < -0.39 is 0 Å². The van der Waals surface area contributed by atoms with Crippen LogP contribution in [-0.2, 0) is 5.41 Å². The summed E-state index contributed by atoms with van der Waals surface area (Å²) in [6, 6.07) is 2.46. The Morgan fingerprint density at radius 3 is 2.36 bits per heavy atom. The predicted molar refractivity (Wildman–Crippen MR) is 104 cm³/mol. The summed E-state index contributed by atoms with van der Waals surface area (Å²) in [5, 5.41) is 0. The molecule has 2 aromatic heterocycles. The van der Waals surface area contributed by atoms with Crippen molar-refractivity contribution < 1.29 is 0 Å². The van der Waals surface area contributed by atoms with Gasteiger partial charge in [0.15, 0.2) is 0 Å². The minimum atomic E-state index is -0.0343. The number of nitrogens with zero attached hydrogens (tertiary/aromatic N) is 6. The van der Waals surface area contributed by atoms with Crippen LogP contribution in [-0.4, -0.2) is 46.1 Å². The van der Waals surface area contributed by atoms with Crippen LogP contribution in [0, 0.1) is 0 Å². The Morgan fingerprint density at radius 2 is 1.76 bits per heavy atom. The minimum Gasteiger partial charge on any atom is -0.356 e. The van der Waals surface area contributed by atoms with E-state index >= 15 is 0 Å². The van der Waals surface area contributed by atoms with Gasteiger partial charge in [-0.3, -0.25) is 0 Å². The number of piperidine rings is 1. The fraction of sp³-hybridized carbons (Fsp3) is 0.556. The molecule has 0 amide bonds. The van der Waals surface area contributed by atoms with E-state index in [-0.39, 0.29) is 5.41 Å². The van der Waals surface area contributed by atoms with E-state index in [1.165, 1.54) is 0 Å². The molecule has 3 rings (SSSR count). The third kappa shape index (κ3) is 4.26. The van der Waals surface area contributed by atoms with Crippen LogP contribution in [0.3, 0.4) is 0 Å². The summed E-state index contributed by atoms with van der Waals surface area (Å²) < 4.78 is 0.901. The van der Waals surface area contributed by atoms with Crippen LogP contribution in [0.15, 0.2) is 29.1 Å². The molecule has 0 bridgehead atoms. The molecular weight excluding hydrogens is 380 g/mol. The molecule has 0 N–H and O–H groups in total. The van der Waals surface area contributed by atoms with E-state index in [4.69, 9.17) is 4.98 Å². The molecule has 134 valence electrons. The minimum absolute atomic E-state index is 0.0343. The Balaban J connectivity index is 1.65. The highest BCUT2D eigenvalue weighted by Crippen LogP contribution is 2.25. The van der Waals surface area contributed by atoms with Crippen LogP contribution >= 0.6 is 15.9 Å². The van der Waals surface area contributed by atoms with E-state index in [0.29, 0.717) is 6.04 Å². The quantitative estimate of drug-likeness (QED) is 0.780. The van der Waals surface area contributed by atoms with Crippen LogP contribution < -0.4 is 9.80 Å². The zero-order valence-electron chi connectivity index (χ0n) is 15.3. The maximum absolute atomic E-state index is 4.78. The van der Waals surface area contributed by atoms with Gasteiger partial charge in [-0.2, -0.15) is 0 Å². The van der Waals surface area contributed by atoms with Crippen LogP contribution in [0.2, 0.25) is 0 Å². The maximum atomic E-state index is 4.78. The number of anilines is 2. The van der Waals surface area contributed by atoms with Crippen molar-refractivity contribution in [2.24, 2.45) is 0 Å². The average Bonchev–Trinajstić information content (AvgIpc) is 2.61. The molecule has 6 nitrogen and oxygen atoms in total. The standard InChI is InChI=1S/C18H25BrN6/c1-18(2,3)16-20-8-5-15(23-16)25-9-6-14(7-10-25)24(4)17-21-11-13(19)12-22-17/h5,8,11-12,14H,6-7,9-10H2,1-4H3. The van der Waals surface area contributed by atoms with Gasteiger partial charge in [0, 0.05) is 50.2 Å². The van der Waals surface area contributed by atoms with Crippen molar-refractivity contribution in [3.63, 3.8) is 0 Å². The average molecular weight is 405 g/mol. The second kappa shape index (κ2) is 7.23. The van der Waals surface area contributed by atoms with Gasteiger partial charge in [0.2, 0.25) is 5.95 Å². The number of hydrogen-bond acceptors (Lipinski definition) is 6. The topological polar surface area (TPSA) is 58.0 Å². The van der Waals surface area contributed by atoms with Gasteiger partial charge < -0.3 is 9.80 Å². The fourth-order valence-electron chi connectivity index (χ4n) is 3.02. The largest absolute Gasteiger partial charge is 0.356 e. The third-order valence-electron chi connectivity index (χ3n) is 4.57. The van der Waals surface area contributed by atoms with E-state index in [1.54, 1.807) is 12.4 Å². The van der Waals surface area contributed by atoms with Crippen molar-refractivity contribution in [3.05, 3.63) is 35.0 Å². The Labute approximate surface area is 157 Å². The molecule has 0 saturated carbocycles. The summed E-state index contributed by atoms with van der Waals surface area (Å²) in [6.07, 6.45) is 7.58. The molecule has 0 spiro atoms. The van der Waals surface area contributed by atoms with E-state index in [0.717, 1.165) is 48.0 Å². The lowest BCUT2D eigenvalue weighted by molar-refractivity contribution is 0.472. The highest BCUT2D eigenvalue weighted by atomic mass is 79.9. The first-order valence-corrected chi connectivity index (χ1v) is 9.43. The molecule has 7 heteroatoms. The molecule has 0 unspecified atom stereocenters. The third-order valence-corrected chi connectivity index (χ3v) is 4.98. The van der Waals surface area contributed by atoms with E-state index in [9.17, 15) is 0 Å². The summed E-state index contributed by atoms with van der Waals surface area (Å²) in [5.74, 6) is 2.70. The van der Waals surface area contributed by atoms with Crippen molar-refractivity contribution in [1.29, 1.82) is 0 Å². The first-order valence-electron chi connectivity index (χ1n) is 8.63. The predicted octanol–water partition coefficient (Wildman–Crippen LogP) is 3.43. The second-order valence-electron chi connectivity index (χ2n) is 7.52. The molecule has 1 aliphatic heterocycles. The lowest BCUT2D eigenvalue weighted by atomic mass is 9.96. The van der Waals surface area contributed by atoms with Crippen molar-refractivity contribution >= 4 is 27.7 Å². The smallest absolute Gasteiger partial charge is 0.225 e. The molecule has 1 aliphatic rings. The molecule has 2 aromatic rings. The molecule has 3 heterocycles. The first kappa shape index (κ1) is 18.0. The Hall–Kier alpha value is -1.76. The van der Waals surface area contributed by atoms with Crippen LogP contribution in [0.25, 0.3) is 0 Å². The van der Waals surface area contributed by atoms with E-state index in [2.05, 4.69) is 68.5 Å². The number of aromatic nitrogens is 4. The normalized spacial score (nSPS) is 16.1. The molecule has 0 aliphatic carbocycles. The second-order valence-corrected chi connectivity index (χ2v) is 8.43. The van der Waals surface area contributed by atoms with Gasteiger partial charge in [0.25, 0.3) is 0 Å². The molecule has 1 fully saturated rings. The lowest BCUT2D eigenvalue weighted by Gasteiger charge is -2.37. The molecule has 25 heavy (non-hydrogen) atoms. The van der Waals surface area contributed by atoms with Crippen LogP contribution in [0.1, 0.15) is 39.4 Å². The zero-order chi connectivity index (χ0) is 18.0. The van der Waals surface area contributed by atoms with Gasteiger partial charge in [-0.25, -0.2) is 19.9 Å². The molecule has 0 radical (unpaired) electrons. The Bertz CT molecular complexity index is 704. The maximum Gasteiger partial charge on any atom is 0.225 e. The summed E-state index contributed by atoms with van der Waals surface area (Å²) in [5.41, 5.74) is -0.0343. The van der Waals surface area contributed by atoms with Gasteiger partial charge >= 0.3 is 0 Å². The summed E-state index contributed by atoms with van der Waals surface area (Å²) >= 11 is 3.38. The van der Waals surface area contributed by atoms with E-state index in [1.807, 2.05) is 12.3 Å². The first-order chi connectivity index (χ1) is 11.8. The van der Waals surface area contributed by atoms with Crippen molar-refractivity contribution in [2.45, 2.75) is 45.1 Å². The van der Waals surface area contributed by atoms with Crippen LogP contribution in [0.4, 0.5) is 11.8 Å². The van der Waals surface area contributed by atoms with Crippen molar-refractivity contribution in [2.75, 3.05) is 29.9 Å². The highest BCUT2D eigenvalue weighted by molar-refractivity contribution is 9.10. The van der Waals surface area contributed by atoms with Gasteiger partial charge in [0.05, 0.1) is 4.47 Å². The number of rotatable bonds is 3. The summed E-state index contributed by atoms with van der Waals surface area (Å²) in [4.78, 5) is 22.5. The van der Waals surface area contributed by atoms with Crippen LogP contribution in [0.5, 0.6) is 0 Å². The van der Waals surface area contributed by atoms with Crippen molar-refractivity contribution in [3.8, 4) is 0 Å². The highest BCUT2D eigenvalue weighted by Gasteiger charge is 2.25. The Kier molecular flexibility index (Phi) is 5.22. The molecule has 1 saturated heterocycles. The zero-order valence-corrected chi connectivity index (χ0v) is 16.9. The fourth-order valence-corrected chi connectivity index (χ4v) is 3.22. The number of halogens is 1. The van der Waals surface area contributed by atoms with Gasteiger partial charge in [-0.15, -0.1) is 0 Å². The van der Waals surface area contributed by atoms with Gasteiger partial charge in [0.1, 0.15) is 11.6 Å². The molecule has 0 aromatic carbocycles. The number of hydrogen-bond donors (Lipinski definition) is 0. The van der Waals surface area contributed by atoms with Gasteiger partial charge in [-0.1, -0.05) is 20.8 Å². The van der Waals surface area contributed by atoms with Gasteiger partial charge in [-0.05, 0) is 34.8 Å². The SMILES string of the molecule is CN(c1ncc(Br)cn1)C1CCN(c2ccnc(C(C)(C)C)n2)CC1.